The van der Waals surface area contributed by atoms with Crippen molar-refractivity contribution < 1.29 is 23.6 Å². The third kappa shape index (κ3) is 12.6. The van der Waals surface area contributed by atoms with Gasteiger partial charge in [-0.3, -0.25) is 4.79 Å². The zero-order valence-corrected chi connectivity index (χ0v) is 14.2. The quantitative estimate of drug-likeness (QED) is 0.407. The van der Waals surface area contributed by atoms with Gasteiger partial charge in [-0.1, -0.05) is 19.8 Å². The number of hydrogen-bond acceptors (Lipinski definition) is 3. The maximum absolute atomic E-state index is 13.0. The number of rotatable bonds is 13. The highest BCUT2D eigenvalue weighted by molar-refractivity contribution is 5.75. The van der Waals surface area contributed by atoms with E-state index in [1.165, 1.54) is 0 Å². The molecule has 0 aromatic rings. The van der Waals surface area contributed by atoms with Gasteiger partial charge in [0.05, 0.1) is 32.8 Å². The molecule has 5 nitrogen and oxygen atoms in total. The van der Waals surface area contributed by atoms with Crippen LogP contribution in [0.15, 0.2) is 0 Å². The van der Waals surface area contributed by atoms with E-state index in [-0.39, 0.29) is 12.5 Å². The number of alkyl halides is 1. The molecule has 0 aliphatic rings. The van der Waals surface area contributed by atoms with Crippen LogP contribution in [-0.2, 0) is 9.59 Å². The zero-order chi connectivity index (χ0) is 17.0. The van der Waals surface area contributed by atoms with Crippen LogP contribution in [0, 0.1) is 0 Å². The highest BCUT2D eigenvalue weighted by Crippen LogP contribution is 2.10. The van der Waals surface area contributed by atoms with Crippen molar-refractivity contribution in [3.05, 3.63) is 0 Å². The minimum Gasteiger partial charge on any atom is -0.544 e. The van der Waals surface area contributed by atoms with Gasteiger partial charge in [0, 0.05) is 19.4 Å². The average molecular weight is 318 g/mol. The Morgan fingerprint density at radius 3 is 2.45 bits per heavy atom. The number of carbonyl (C=O) groups is 2. The summed E-state index contributed by atoms with van der Waals surface area (Å²) in [6, 6.07) is 0. The molecule has 6 heteroatoms. The minimum absolute atomic E-state index is 0.0116. The molecule has 0 radical (unpaired) electrons. The number of halogens is 1. The molecule has 0 heterocycles. The fraction of sp³-hybridized carbons (Fsp3) is 0.875. The molecule has 0 aliphatic heterocycles. The van der Waals surface area contributed by atoms with E-state index in [2.05, 4.69) is 5.32 Å². The van der Waals surface area contributed by atoms with Gasteiger partial charge in [0.1, 0.15) is 6.54 Å². The van der Waals surface area contributed by atoms with Gasteiger partial charge in [0.2, 0.25) is 5.91 Å². The van der Waals surface area contributed by atoms with Crippen LogP contribution in [0.3, 0.4) is 0 Å². The van der Waals surface area contributed by atoms with Crippen molar-refractivity contribution in [2.24, 2.45) is 0 Å². The Labute approximate surface area is 133 Å². The summed E-state index contributed by atoms with van der Waals surface area (Å²) < 4.78 is 13.3. The Kier molecular flexibility index (Phi) is 10.8. The van der Waals surface area contributed by atoms with Gasteiger partial charge < -0.3 is 19.7 Å². The molecule has 0 saturated heterocycles. The van der Waals surface area contributed by atoms with Crippen LogP contribution in [0.5, 0.6) is 0 Å². The van der Waals surface area contributed by atoms with Gasteiger partial charge in [-0.2, -0.15) is 0 Å². The van der Waals surface area contributed by atoms with Gasteiger partial charge in [0.25, 0.3) is 0 Å². The van der Waals surface area contributed by atoms with Crippen LogP contribution in [0.25, 0.3) is 0 Å². The number of likely N-dealkylation sites (N-methyl/N-ethyl adjacent to an activating group) is 1. The highest BCUT2D eigenvalue weighted by Gasteiger charge is 2.14. The lowest BCUT2D eigenvalue weighted by Gasteiger charge is -2.30. The number of amides is 1. The Hall–Kier alpha value is -1.17. The lowest BCUT2D eigenvalue weighted by Crippen LogP contribution is -2.49. The van der Waals surface area contributed by atoms with Gasteiger partial charge >= 0.3 is 0 Å². The van der Waals surface area contributed by atoms with Gasteiger partial charge in [-0.15, -0.1) is 0 Å². The van der Waals surface area contributed by atoms with Crippen LogP contribution in [0.1, 0.15) is 51.9 Å². The van der Waals surface area contributed by atoms with E-state index in [9.17, 15) is 19.1 Å². The third-order valence-electron chi connectivity index (χ3n) is 3.68. The first-order chi connectivity index (χ1) is 10.3. The maximum Gasteiger partial charge on any atom is 0.219 e. The summed E-state index contributed by atoms with van der Waals surface area (Å²) in [5.74, 6) is -1.05. The standard InChI is InChI=1S/C16H31FN2O3/c1-4-14(17)9-6-5-7-10-15(20)18-11-8-12-19(2,3)13-16(21)22/h14H,4-13H2,1-3H3,(H-,18,20,21,22). The van der Waals surface area contributed by atoms with Crippen molar-refractivity contribution in [1.29, 1.82) is 0 Å². The second kappa shape index (κ2) is 11.4. The second-order valence-corrected chi connectivity index (χ2v) is 6.50. The van der Waals surface area contributed by atoms with Crippen LogP contribution in [-0.4, -0.2) is 56.3 Å². The summed E-state index contributed by atoms with van der Waals surface area (Å²) >= 11 is 0. The molecule has 0 aromatic carbocycles. The van der Waals surface area contributed by atoms with E-state index < -0.39 is 12.1 Å². The Balaban J connectivity index is 3.56. The van der Waals surface area contributed by atoms with E-state index in [1.807, 2.05) is 21.0 Å². The largest absolute Gasteiger partial charge is 0.544 e. The van der Waals surface area contributed by atoms with Crippen molar-refractivity contribution in [2.45, 2.75) is 58.0 Å². The van der Waals surface area contributed by atoms with E-state index in [1.54, 1.807) is 0 Å². The second-order valence-electron chi connectivity index (χ2n) is 6.50. The summed E-state index contributed by atoms with van der Waals surface area (Å²) in [7, 11) is 3.65. The summed E-state index contributed by atoms with van der Waals surface area (Å²) in [6.45, 7) is 3.03. The Morgan fingerprint density at radius 1 is 1.18 bits per heavy atom. The molecule has 0 spiro atoms. The van der Waals surface area contributed by atoms with Crippen LogP contribution < -0.4 is 10.4 Å². The molecule has 22 heavy (non-hydrogen) atoms. The molecule has 1 amide bonds. The predicted molar refractivity (Wildman–Crippen MR) is 82.7 cm³/mol. The number of carboxylic acid groups (broad SMARTS) is 1. The lowest BCUT2D eigenvalue weighted by molar-refractivity contribution is -0.884. The number of unbranched alkanes of at least 4 members (excludes halogenated alkanes) is 2. The number of hydrogen-bond donors (Lipinski definition) is 1. The molecular formula is C16H31FN2O3. The van der Waals surface area contributed by atoms with Crippen molar-refractivity contribution in [2.75, 3.05) is 33.7 Å². The first kappa shape index (κ1) is 20.8. The molecular weight excluding hydrogens is 287 g/mol. The fourth-order valence-corrected chi connectivity index (χ4v) is 2.28. The predicted octanol–water partition coefficient (Wildman–Crippen LogP) is 1.02. The van der Waals surface area contributed by atoms with Crippen molar-refractivity contribution in [3.8, 4) is 0 Å². The number of aliphatic carboxylic acids is 1. The average Bonchev–Trinajstić information content (AvgIpc) is 2.41. The normalized spacial score (nSPS) is 12.9. The summed E-state index contributed by atoms with van der Waals surface area (Å²) in [5.41, 5.74) is 0. The van der Waals surface area contributed by atoms with Gasteiger partial charge in [-0.05, 0) is 19.3 Å². The molecule has 0 aliphatic carbocycles. The molecule has 1 atom stereocenters. The van der Waals surface area contributed by atoms with E-state index in [4.69, 9.17) is 0 Å². The first-order valence-electron chi connectivity index (χ1n) is 8.19. The summed E-state index contributed by atoms with van der Waals surface area (Å²) in [5, 5.41) is 13.4. The van der Waals surface area contributed by atoms with Crippen molar-refractivity contribution >= 4 is 11.9 Å². The minimum atomic E-state index is -1.06. The number of quaternary nitrogens is 1. The Bertz CT molecular complexity index is 335. The van der Waals surface area contributed by atoms with Crippen LogP contribution in [0.4, 0.5) is 4.39 Å². The SMILES string of the molecule is CCC(F)CCCCCC(=O)NCCC[N+](C)(C)CC(=O)[O-]. The highest BCUT2D eigenvalue weighted by atomic mass is 19.1. The molecule has 130 valence electrons. The fourth-order valence-electron chi connectivity index (χ4n) is 2.28. The Morgan fingerprint density at radius 2 is 1.86 bits per heavy atom. The smallest absolute Gasteiger partial charge is 0.219 e. The van der Waals surface area contributed by atoms with Gasteiger partial charge in [-0.25, -0.2) is 4.39 Å². The van der Waals surface area contributed by atoms with E-state index in [0.717, 1.165) is 25.7 Å². The molecule has 0 fully saturated rings. The maximum atomic E-state index is 13.0. The van der Waals surface area contributed by atoms with Crippen molar-refractivity contribution in [1.82, 2.24) is 5.32 Å². The van der Waals surface area contributed by atoms with E-state index >= 15 is 0 Å². The summed E-state index contributed by atoms with van der Waals surface area (Å²) in [6.07, 6.45) is 4.13. The first-order valence-corrected chi connectivity index (χ1v) is 8.19. The monoisotopic (exact) mass is 318 g/mol. The van der Waals surface area contributed by atoms with Gasteiger partial charge in [0.15, 0.2) is 0 Å². The number of nitrogens with one attached hydrogen (secondary N) is 1. The zero-order valence-electron chi connectivity index (χ0n) is 14.2. The molecule has 0 rings (SSSR count). The van der Waals surface area contributed by atoms with Crippen LogP contribution in [0.2, 0.25) is 0 Å². The van der Waals surface area contributed by atoms with Crippen molar-refractivity contribution in [3.63, 3.8) is 0 Å². The summed E-state index contributed by atoms with van der Waals surface area (Å²) in [4.78, 5) is 22.2. The molecule has 0 saturated carbocycles. The van der Waals surface area contributed by atoms with E-state index in [0.29, 0.717) is 36.8 Å². The number of carboxylic acids is 1. The lowest BCUT2D eigenvalue weighted by atomic mass is 10.1. The molecule has 0 bridgehead atoms. The molecule has 1 unspecified atom stereocenters. The molecule has 0 aromatic heterocycles. The van der Waals surface area contributed by atoms with Crippen LogP contribution >= 0.6 is 0 Å². The number of nitrogens with zero attached hydrogens (tertiary/aromatic N) is 1. The number of carbonyl (C=O) groups excluding carboxylic acids is 2. The third-order valence-corrected chi connectivity index (χ3v) is 3.68. The molecule has 1 N–H and O–H groups in total. The topological polar surface area (TPSA) is 69.2 Å².